The van der Waals surface area contributed by atoms with Gasteiger partial charge in [-0.15, -0.1) is 0 Å². The molecule has 0 radical (unpaired) electrons. The van der Waals surface area contributed by atoms with Crippen LogP contribution in [0.3, 0.4) is 0 Å². The summed E-state index contributed by atoms with van der Waals surface area (Å²) in [6, 6.07) is 23.1. The van der Waals surface area contributed by atoms with Crippen molar-refractivity contribution in [2.24, 2.45) is 0 Å². The van der Waals surface area contributed by atoms with Gasteiger partial charge in [0.25, 0.3) is 11.8 Å². The average molecular weight is 617 g/mol. The maximum absolute atomic E-state index is 13.4. The molecule has 40 heavy (non-hydrogen) atoms. The summed E-state index contributed by atoms with van der Waals surface area (Å²) in [5, 5.41) is 13.9. The molecule has 1 aliphatic heterocycles. The summed E-state index contributed by atoms with van der Waals surface area (Å²) >= 11 is 8.75. The zero-order chi connectivity index (χ0) is 28.4. The minimum absolute atomic E-state index is 0.0247. The summed E-state index contributed by atoms with van der Waals surface area (Å²) in [5.41, 5.74) is 1.50. The highest BCUT2D eigenvalue weighted by atomic mass is 79.9. The first-order valence-electron chi connectivity index (χ1n) is 12.0. The van der Waals surface area contributed by atoms with Crippen LogP contribution in [0.5, 0.6) is 11.5 Å². The van der Waals surface area contributed by atoms with Crippen molar-refractivity contribution in [1.82, 2.24) is 5.32 Å². The zero-order valence-electron chi connectivity index (χ0n) is 21.0. The first-order valence-corrected chi connectivity index (χ1v) is 13.2. The van der Waals surface area contributed by atoms with Crippen molar-refractivity contribution in [2.45, 2.75) is 6.61 Å². The Bertz CT molecular complexity index is 1730. The highest BCUT2D eigenvalue weighted by molar-refractivity contribution is 9.10. The molecule has 2 amide bonds. The summed E-state index contributed by atoms with van der Waals surface area (Å²) in [4.78, 5) is 38.7. The summed E-state index contributed by atoms with van der Waals surface area (Å²) in [6.45, 7) is 0.291. The van der Waals surface area contributed by atoms with E-state index in [4.69, 9.17) is 21.7 Å². The number of hydrogen-bond acceptors (Lipinski definition) is 6. The second-order valence-corrected chi connectivity index (χ2v) is 10.0. The number of rotatable bonds is 7. The molecule has 200 valence electrons. The Balaban J connectivity index is 1.45. The number of thiocarbonyl (C=S) groups is 1. The molecule has 0 spiro atoms. The third kappa shape index (κ3) is 5.31. The van der Waals surface area contributed by atoms with Gasteiger partial charge < -0.3 is 14.6 Å². The molecule has 8 nitrogen and oxygen atoms in total. The van der Waals surface area contributed by atoms with Gasteiger partial charge in [0.05, 0.1) is 22.8 Å². The van der Waals surface area contributed by atoms with Gasteiger partial charge in [-0.3, -0.25) is 19.8 Å². The Morgan fingerprint density at radius 2 is 1.80 bits per heavy atom. The molecular weight excluding hydrogens is 596 g/mol. The summed E-state index contributed by atoms with van der Waals surface area (Å²) in [6.07, 6.45) is 1.41. The number of carbonyl (C=O) groups excluding carboxylic acids is 2. The molecule has 4 aromatic rings. The van der Waals surface area contributed by atoms with Gasteiger partial charge in [0.15, 0.2) is 16.6 Å². The van der Waals surface area contributed by atoms with Gasteiger partial charge in [-0.25, -0.2) is 4.79 Å². The third-order valence-corrected chi connectivity index (χ3v) is 7.14. The Hall–Kier alpha value is -4.54. The van der Waals surface area contributed by atoms with Crippen molar-refractivity contribution in [3.8, 4) is 11.5 Å². The van der Waals surface area contributed by atoms with Crippen molar-refractivity contribution in [2.75, 3.05) is 12.0 Å². The van der Waals surface area contributed by atoms with Crippen LogP contribution < -0.4 is 19.7 Å². The number of carbonyl (C=O) groups is 3. The van der Waals surface area contributed by atoms with E-state index in [0.717, 1.165) is 21.2 Å². The fourth-order valence-electron chi connectivity index (χ4n) is 4.37. The summed E-state index contributed by atoms with van der Waals surface area (Å²) < 4.78 is 12.3. The van der Waals surface area contributed by atoms with Gasteiger partial charge in [-0.05, 0) is 86.5 Å². The molecule has 1 aliphatic rings. The minimum atomic E-state index is -1.16. The van der Waals surface area contributed by atoms with Crippen LogP contribution in [0.25, 0.3) is 16.8 Å². The molecule has 4 aromatic carbocycles. The SMILES string of the molecule is COc1cc(C=C2C(=O)NC(=S)N(c3cccc(C(=O)O)c3)C2=O)cc(Br)c1OCc1cccc2ccccc12. The van der Waals surface area contributed by atoms with Gasteiger partial charge in [0.2, 0.25) is 0 Å². The van der Waals surface area contributed by atoms with Gasteiger partial charge >= 0.3 is 5.97 Å². The number of ether oxygens (including phenoxy) is 2. The maximum atomic E-state index is 13.4. The van der Waals surface area contributed by atoms with Gasteiger partial charge in [0, 0.05) is 0 Å². The van der Waals surface area contributed by atoms with Gasteiger partial charge in [0.1, 0.15) is 12.2 Å². The normalized spacial score (nSPS) is 14.4. The number of carboxylic acid groups (broad SMARTS) is 1. The highest BCUT2D eigenvalue weighted by Crippen LogP contribution is 2.38. The highest BCUT2D eigenvalue weighted by Gasteiger charge is 2.35. The van der Waals surface area contributed by atoms with Gasteiger partial charge in [-0.2, -0.15) is 0 Å². The van der Waals surface area contributed by atoms with E-state index in [1.165, 1.54) is 37.5 Å². The first-order chi connectivity index (χ1) is 19.3. The first kappa shape index (κ1) is 27.0. The van der Waals surface area contributed by atoms with Crippen molar-refractivity contribution in [3.05, 3.63) is 106 Å². The predicted octanol–water partition coefficient (Wildman–Crippen LogP) is 5.72. The fourth-order valence-corrected chi connectivity index (χ4v) is 5.22. The molecule has 2 N–H and O–H groups in total. The lowest BCUT2D eigenvalue weighted by Crippen LogP contribution is -2.54. The monoisotopic (exact) mass is 616 g/mol. The molecule has 5 rings (SSSR count). The van der Waals surface area contributed by atoms with E-state index >= 15 is 0 Å². The van der Waals surface area contributed by atoms with Crippen LogP contribution in [-0.2, 0) is 16.2 Å². The zero-order valence-corrected chi connectivity index (χ0v) is 23.4. The molecule has 0 bridgehead atoms. The largest absolute Gasteiger partial charge is 0.493 e. The van der Waals surface area contributed by atoms with E-state index in [1.807, 2.05) is 42.5 Å². The smallest absolute Gasteiger partial charge is 0.335 e. The number of amides is 2. The number of aromatic carboxylic acids is 1. The average Bonchev–Trinajstić information content (AvgIpc) is 2.94. The number of hydrogen-bond donors (Lipinski definition) is 2. The number of carboxylic acids is 1. The molecule has 0 saturated carbocycles. The lowest BCUT2D eigenvalue weighted by atomic mass is 10.1. The quantitative estimate of drug-likeness (QED) is 0.155. The Morgan fingerprint density at radius 1 is 1.05 bits per heavy atom. The second-order valence-electron chi connectivity index (χ2n) is 8.77. The van der Waals surface area contributed by atoms with Crippen LogP contribution in [0.4, 0.5) is 5.69 Å². The Morgan fingerprint density at radius 3 is 2.58 bits per heavy atom. The number of benzene rings is 4. The van der Waals surface area contributed by atoms with Crippen molar-refractivity contribution in [1.29, 1.82) is 0 Å². The summed E-state index contributed by atoms with van der Waals surface area (Å²) in [5.74, 6) is -1.66. The Kier molecular flexibility index (Phi) is 7.63. The summed E-state index contributed by atoms with van der Waals surface area (Å²) in [7, 11) is 1.50. The molecular formula is C30H21BrN2O6S. The topological polar surface area (TPSA) is 105 Å². The number of nitrogens with one attached hydrogen (secondary N) is 1. The standard InChI is InChI=1S/C30H21BrN2O6S/c1-38-25-14-17(13-24(31)26(25)39-16-20-9-4-7-18-6-2-3-11-22(18)20)12-23-27(34)32-30(40)33(28(23)35)21-10-5-8-19(15-21)29(36)37/h2-15H,16H2,1H3,(H,36,37)(H,32,34,40). The lowest BCUT2D eigenvalue weighted by molar-refractivity contribution is -0.122. The number of halogens is 1. The number of methoxy groups -OCH3 is 1. The number of nitrogens with zero attached hydrogens (tertiary/aromatic N) is 1. The van der Waals surface area contributed by atoms with Crippen molar-refractivity contribution in [3.63, 3.8) is 0 Å². The molecule has 0 aromatic heterocycles. The van der Waals surface area contributed by atoms with Crippen LogP contribution in [-0.4, -0.2) is 35.1 Å². The fraction of sp³-hybridized carbons (Fsp3) is 0.0667. The van der Waals surface area contributed by atoms with Crippen LogP contribution in [0.2, 0.25) is 0 Å². The van der Waals surface area contributed by atoms with E-state index in [2.05, 4.69) is 21.2 Å². The molecule has 1 saturated heterocycles. The predicted molar refractivity (Wildman–Crippen MR) is 159 cm³/mol. The lowest BCUT2D eigenvalue weighted by Gasteiger charge is -2.29. The molecule has 0 unspecified atom stereocenters. The number of fused-ring (bicyclic) bond motifs is 1. The van der Waals surface area contributed by atoms with Crippen LogP contribution in [0.1, 0.15) is 21.5 Å². The van der Waals surface area contributed by atoms with E-state index < -0.39 is 17.8 Å². The molecule has 1 fully saturated rings. The number of anilines is 1. The molecule has 0 aliphatic carbocycles. The van der Waals surface area contributed by atoms with E-state index in [0.29, 0.717) is 28.1 Å². The molecule has 0 atom stereocenters. The van der Waals surface area contributed by atoms with Crippen LogP contribution in [0, 0.1) is 0 Å². The second kappa shape index (κ2) is 11.3. The van der Waals surface area contributed by atoms with Crippen molar-refractivity contribution >= 4 is 73.6 Å². The van der Waals surface area contributed by atoms with Crippen molar-refractivity contribution < 1.29 is 29.0 Å². The minimum Gasteiger partial charge on any atom is -0.493 e. The van der Waals surface area contributed by atoms with Crippen LogP contribution >= 0.6 is 28.1 Å². The third-order valence-electron chi connectivity index (χ3n) is 6.27. The van der Waals surface area contributed by atoms with E-state index in [9.17, 15) is 19.5 Å². The Labute approximate surface area is 242 Å². The van der Waals surface area contributed by atoms with E-state index in [-0.39, 0.29) is 21.9 Å². The molecule has 10 heteroatoms. The van der Waals surface area contributed by atoms with E-state index in [1.54, 1.807) is 12.1 Å². The van der Waals surface area contributed by atoms with Gasteiger partial charge in [-0.1, -0.05) is 48.5 Å². The molecule has 1 heterocycles. The maximum Gasteiger partial charge on any atom is 0.335 e. The van der Waals surface area contributed by atoms with Crippen LogP contribution in [0.15, 0.2) is 88.9 Å².